The van der Waals surface area contributed by atoms with Crippen LogP contribution in [-0.2, 0) is 17.1 Å². The minimum absolute atomic E-state index is 0.0644. The molecule has 0 fully saturated rings. The van der Waals surface area contributed by atoms with E-state index in [0.717, 1.165) is 22.5 Å². The number of nitrogens with zero attached hydrogens (tertiary/aromatic N) is 2. The zero-order valence-corrected chi connectivity index (χ0v) is 19.8. The van der Waals surface area contributed by atoms with Crippen LogP contribution in [0, 0.1) is 6.92 Å². The smallest absolute Gasteiger partial charge is 0.261 e. The van der Waals surface area contributed by atoms with Crippen LogP contribution in [0.5, 0.6) is 0 Å². The number of rotatable bonds is 6. The summed E-state index contributed by atoms with van der Waals surface area (Å²) in [6.45, 7) is 5.69. The molecule has 1 amide bonds. The molecule has 0 aliphatic heterocycles. The summed E-state index contributed by atoms with van der Waals surface area (Å²) in [7, 11) is -1.80. The number of imidazole rings is 1. The topological polar surface area (TPSA) is 93.1 Å². The van der Waals surface area contributed by atoms with Crippen molar-refractivity contribution in [2.75, 3.05) is 4.72 Å². The molecule has 8 heteroatoms. The fourth-order valence-electron chi connectivity index (χ4n) is 3.63. The van der Waals surface area contributed by atoms with Crippen LogP contribution >= 0.6 is 0 Å². The number of sulfonamides is 1. The number of nitrogens with one attached hydrogen (secondary N) is 2. The Morgan fingerprint density at radius 3 is 2.39 bits per heavy atom. The Morgan fingerprint density at radius 1 is 1.00 bits per heavy atom. The third kappa shape index (κ3) is 4.75. The zero-order chi connectivity index (χ0) is 23.8. The standard InChI is InChI=1S/C25H26N4O3S/c1-16(2)26-25(30)19-10-8-18(9-11-19)24-27-22-15-20(12-13-23(22)29(24)4)28-33(31,32)21-7-5-6-17(3)14-21/h5-16,28H,1-4H3,(H,26,30). The molecule has 0 spiro atoms. The quantitative estimate of drug-likeness (QED) is 0.442. The van der Waals surface area contributed by atoms with Crippen LogP contribution in [0.1, 0.15) is 29.8 Å². The average Bonchev–Trinajstić information content (AvgIpc) is 3.09. The summed E-state index contributed by atoms with van der Waals surface area (Å²) in [5.74, 6) is 0.603. The molecule has 3 aromatic carbocycles. The van der Waals surface area contributed by atoms with Crippen LogP contribution in [0.25, 0.3) is 22.4 Å². The lowest BCUT2D eigenvalue weighted by molar-refractivity contribution is 0.0943. The summed E-state index contributed by atoms with van der Waals surface area (Å²) in [5.41, 5.74) is 4.28. The molecule has 0 aliphatic rings. The first-order chi connectivity index (χ1) is 15.6. The number of anilines is 1. The highest BCUT2D eigenvalue weighted by atomic mass is 32.2. The Labute approximate surface area is 193 Å². The van der Waals surface area contributed by atoms with E-state index in [1.54, 1.807) is 42.5 Å². The van der Waals surface area contributed by atoms with E-state index < -0.39 is 10.0 Å². The van der Waals surface area contributed by atoms with Crippen LogP contribution in [-0.4, -0.2) is 29.9 Å². The van der Waals surface area contributed by atoms with E-state index in [1.807, 2.05) is 56.7 Å². The van der Waals surface area contributed by atoms with Crippen LogP contribution < -0.4 is 10.0 Å². The summed E-state index contributed by atoms with van der Waals surface area (Å²) >= 11 is 0. The lowest BCUT2D eigenvalue weighted by Gasteiger charge is -2.09. The first kappa shape index (κ1) is 22.5. The minimum atomic E-state index is -3.70. The normalized spacial score (nSPS) is 11.7. The van der Waals surface area contributed by atoms with Gasteiger partial charge >= 0.3 is 0 Å². The van der Waals surface area contributed by atoms with Crippen molar-refractivity contribution < 1.29 is 13.2 Å². The molecule has 0 aliphatic carbocycles. The van der Waals surface area contributed by atoms with Gasteiger partial charge in [-0.2, -0.15) is 0 Å². The molecule has 2 N–H and O–H groups in total. The maximum atomic E-state index is 12.8. The number of hydrogen-bond donors (Lipinski definition) is 2. The lowest BCUT2D eigenvalue weighted by Crippen LogP contribution is -2.29. The molecular formula is C25H26N4O3S. The van der Waals surface area contributed by atoms with E-state index in [4.69, 9.17) is 4.98 Å². The molecule has 1 heterocycles. The zero-order valence-electron chi connectivity index (χ0n) is 19.0. The molecule has 4 aromatic rings. The predicted molar refractivity (Wildman–Crippen MR) is 131 cm³/mol. The van der Waals surface area contributed by atoms with Gasteiger partial charge in [-0.25, -0.2) is 13.4 Å². The van der Waals surface area contributed by atoms with E-state index in [1.165, 1.54) is 0 Å². The van der Waals surface area contributed by atoms with Gasteiger partial charge in [-0.05, 0) is 68.8 Å². The van der Waals surface area contributed by atoms with E-state index in [2.05, 4.69) is 10.0 Å². The van der Waals surface area contributed by atoms with Crippen molar-refractivity contribution >= 4 is 32.7 Å². The largest absolute Gasteiger partial charge is 0.350 e. The average molecular weight is 463 g/mol. The lowest BCUT2D eigenvalue weighted by atomic mass is 10.1. The maximum absolute atomic E-state index is 12.8. The van der Waals surface area contributed by atoms with Gasteiger partial charge < -0.3 is 9.88 Å². The number of aromatic nitrogens is 2. The number of amides is 1. The summed E-state index contributed by atoms with van der Waals surface area (Å²) in [5, 5.41) is 2.87. The molecule has 0 saturated carbocycles. The van der Waals surface area contributed by atoms with E-state index in [9.17, 15) is 13.2 Å². The SMILES string of the molecule is Cc1cccc(S(=O)(=O)Nc2ccc3c(c2)nc(-c2ccc(C(=O)NC(C)C)cc2)n3C)c1. The fourth-order valence-corrected chi connectivity index (χ4v) is 4.79. The van der Waals surface area contributed by atoms with Gasteiger partial charge in [-0.3, -0.25) is 9.52 Å². The maximum Gasteiger partial charge on any atom is 0.261 e. The van der Waals surface area contributed by atoms with Gasteiger partial charge in [0.1, 0.15) is 5.82 Å². The first-order valence-corrected chi connectivity index (χ1v) is 12.1. The Kier molecular flexibility index (Phi) is 5.95. The Balaban J connectivity index is 1.63. The van der Waals surface area contributed by atoms with Crippen LogP contribution in [0.3, 0.4) is 0 Å². The van der Waals surface area contributed by atoms with Crippen LogP contribution in [0.4, 0.5) is 5.69 Å². The summed E-state index contributed by atoms with van der Waals surface area (Å²) in [6.07, 6.45) is 0. The van der Waals surface area contributed by atoms with Gasteiger partial charge in [0.2, 0.25) is 0 Å². The van der Waals surface area contributed by atoms with Gasteiger partial charge in [0.15, 0.2) is 0 Å². The number of carbonyl (C=O) groups is 1. The molecule has 170 valence electrons. The fraction of sp³-hybridized carbons (Fsp3) is 0.200. The van der Waals surface area contributed by atoms with Gasteiger partial charge in [0.25, 0.3) is 15.9 Å². The van der Waals surface area contributed by atoms with Crippen molar-refractivity contribution in [3.05, 3.63) is 77.9 Å². The molecule has 1 aromatic heterocycles. The number of hydrogen-bond acceptors (Lipinski definition) is 4. The molecule has 0 saturated heterocycles. The third-order valence-corrected chi connectivity index (χ3v) is 6.64. The van der Waals surface area contributed by atoms with Gasteiger partial charge in [0, 0.05) is 24.2 Å². The van der Waals surface area contributed by atoms with Crippen molar-refractivity contribution in [3.63, 3.8) is 0 Å². The van der Waals surface area contributed by atoms with E-state index in [0.29, 0.717) is 16.8 Å². The Morgan fingerprint density at radius 2 is 1.73 bits per heavy atom. The van der Waals surface area contributed by atoms with Crippen molar-refractivity contribution in [2.45, 2.75) is 31.7 Å². The van der Waals surface area contributed by atoms with Gasteiger partial charge in [-0.1, -0.05) is 24.3 Å². The number of benzene rings is 3. The Bertz CT molecular complexity index is 1440. The Hall–Kier alpha value is -3.65. The number of fused-ring (bicyclic) bond motifs is 1. The second-order valence-corrected chi connectivity index (χ2v) is 10.0. The highest BCUT2D eigenvalue weighted by molar-refractivity contribution is 7.92. The van der Waals surface area contributed by atoms with Crippen LogP contribution in [0.15, 0.2) is 71.6 Å². The first-order valence-electron chi connectivity index (χ1n) is 10.6. The molecule has 7 nitrogen and oxygen atoms in total. The summed E-state index contributed by atoms with van der Waals surface area (Å²) in [4.78, 5) is 17.1. The van der Waals surface area contributed by atoms with Crippen LogP contribution in [0.2, 0.25) is 0 Å². The summed E-state index contributed by atoms with van der Waals surface area (Å²) < 4.78 is 30.1. The molecule has 0 radical (unpaired) electrons. The highest BCUT2D eigenvalue weighted by Gasteiger charge is 2.16. The van der Waals surface area contributed by atoms with Crippen molar-refractivity contribution in [3.8, 4) is 11.4 Å². The molecular weight excluding hydrogens is 436 g/mol. The molecule has 0 unspecified atom stereocenters. The number of carbonyl (C=O) groups excluding carboxylic acids is 1. The summed E-state index contributed by atoms with van der Waals surface area (Å²) in [6, 6.07) is 19.4. The van der Waals surface area contributed by atoms with E-state index in [-0.39, 0.29) is 16.8 Å². The predicted octanol–water partition coefficient (Wildman–Crippen LogP) is 4.49. The molecule has 0 bridgehead atoms. The van der Waals surface area contributed by atoms with Crippen molar-refractivity contribution in [1.29, 1.82) is 0 Å². The molecule has 33 heavy (non-hydrogen) atoms. The van der Waals surface area contributed by atoms with Crippen molar-refractivity contribution in [1.82, 2.24) is 14.9 Å². The monoisotopic (exact) mass is 462 g/mol. The second kappa shape index (κ2) is 8.71. The third-order valence-electron chi connectivity index (χ3n) is 5.26. The van der Waals surface area contributed by atoms with Gasteiger partial charge in [0.05, 0.1) is 21.6 Å². The second-order valence-electron chi connectivity index (χ2n) is 8.33. The molecule has 0 atom stereocenters. The van der Waals surface area contributed by atoms with Gasteiger partial charge in [-0.15, -0.1) is 0 Å². The molecule has 4 rings (SSSR count). The minimum Gasteiger partial charge on any atom is -0.350 e. The van der Waals surface area contributed by atoms with Crippen molar-refractivity contribution in [2.24, 2.45) is 7.05 Å². The number of aryl methyl sites for hydroxylation is 2. The van der Waals surface area contributed by atoms with E-state index >= 15 is 0 Å². The highest BCUT2D eigenvalue weighted by Crippen LogP contribution is 2.27.